The number of esters is 1. The van der Waals surface area contributed by atoms with Crippen LogP contribution in [0.15, 0.2) is 77.9 Å². The summed E-state index contributed by atoms with van der Waals surface area (Å²) in [5.74, 6) is -0.675. The number of carbonyl (C=O) groups excluding carboxylic acids is 2. The molecule has 0 aliphatic rings. The molecule has 0 atom stereocenters. The van der Waals surface area contributed by atoms with Crippen LogP contribution in [0.3, 0.4) is 0 Å². The Balaban J connectivity index is 1.49. The lowest BCUT2D eigenvalue weighted by molar-refractivity contribution is -0.385. The van der Waals surface area contributed by atoms with E-state index in [0.29, 0.717) is 22.4 Å². The number of hydrogen-bond donors (Lipinski definition) is 1. The maximum absolute atomic E-state index is 12.0. The molecule has 3 aromatic carbocycles. The molecule has 0 aliphatic heterocycles. The second kappa shape index (κ2) is 10.5. The number of nitrogens with zero attached hydrogens (tertiary/aromatic N) is 2. The third kappa shape index (κ3) is 6.23. The number of hydrogen-bond acceptors (Lipinski definition) is 7. The number of benzene rings is 3. The molecular weight excluding hydrogens is 414 g/mol. The second-order valence-corrected chi connectivity index (χ2v) is 6.63. The van der Waals surface area contributed by atoms with E-state index >= 15 is 0 Å². The Labute approximate surface area is 183 Å². The van der Waals surface area contributed by atoms with Crippen molar-refractivity contribution in [1.82, 2.24) is 5.43 Å². The quantitative estimate of drug-likeness (QED) is 0.190. The van der Waals surface area contributed by atoms with Crippen molar-refractivity contribution >= 4 is 23.8 Å². The van der Waals surface area contributed by atoms with Gasteiger partial charge in [0, 0.05) is 6.07 Å². The summed E-state index contributed by atoms with van der Waals surface area (Å²) in [5.41, 5.74) is 3.87. The molecule has 1 amide bonds. The first-order chi connectivity index (χ1) is 15.4. The number of nitro groups is 1. The first kappa shape index (κ1) is 22.2. The summed E-state index contributed by atoms with van der Waals surface area (Å²) >= 11 is 0. The molecule has 0 radical (unpaired) electrons. The number of ether oxygens (including phenoxy) is 2. The van der Waals surface area contributed by atoms with E-state index in [9.17, 15) is 19.7 Å². The highest BCUT2D eigenvalue weighted by Gasteiger charge is 2.16. The molecule has 0 heterocycles. The minimum Gasteiger partial charge on any atom is -0.477 e. The Kier molecular flexibility index (Phi) is 7.26. The summed E-state index contributed by atoms with van der Waals surface area (Å²) in [6.07, 6.45) is 1.40. The maximum Gasteiger partial charge on any atom is 0.343 e. The van der Waals surface area contributed by atoms with Crippen molar-refractivity contribution < 1.29 is 24.0 Å². The highest BCUT2D eigenvalue weighted by molar-refractivity contribution is 5.91. The van der Waals surface area contributed by atoms with Gasteiger partial charge in [0.15, 0.2) is 12.4 Å². The molecule has 0 saturated carbocycles. The largest absolute Gasteiger partial charge is 0.477 e. The number of rotatable bonds is 8. The molecule has 3 rings (SSSR count). The predicted molar refractivity (Wildman–Crippen MR) is 117 cm³/mol. The first-order valence-electron chi connectivity index (χ1n) is 9.49. The molecule has 162 valence electrons. The molecule has 9 heteroatoms. The lowest BCUT2D eigenvalue weighted by atomic mass is 10.2. The van der Waals surface area contributed by atoms with Gasteiger partial charge in [-0.25, -0.2) is 10.2 Å². The molecular formula is C23H19N3O6. The van der Waals surface area contributed by atoms with Gasteiger partial charge in [0.1, 0.15) is 5.75 Å². The Morgan fingerprint density at radius 1 is 1.06 bits per heavy atom. The fraction of sp³-hybridized carbons (Fsp3) is 0.0870. The van der Waals surface area contributed by atoms with E-state index < -0.39 is 23.4 Å². The number of carbonyl (C=O) groups is 2. The number of amides is 1. The Morgan fingerprint density at radius 3 is 2.47 bits per heavy atom. The SMILES string of the molecule is Cc1ccc(OCC(=O)N/N=C\c2ccc(OC(=O)c3ccccc3)cc2)c([N+](=O)[O-])c1. The summed E-state index contributed by atoms with van der Waals surface area (Å²) in [6.45, 7) is 1.29. The molecule has 3 aromatic rings. The van der Waals surface area contributed by atoms with Gasteiger partial charge in [-0.05, 0) is 60.5 Å². The van der Waals surface area contributed by atoms with Gasteiger partial charge >= 0.3 is 11.7 Å². The van der Waals surface area contributed by atoms with Crippen molar-refractivity contribution in [2.75, 3.05) is 6.61 Å². The van der Waals surface area contributed by atoms with Crippen LogP contribution >= 0.6 is 0 Å². The highest BCUT2D eigenvalue weighted by Crippen LogP contribution is 2.27. The van der Waals surface area contributed by atoms with E-state index in [-0.39, 0.29) is 11.4 Å². The summed E-state index contributed by atoms with van der Waals surface area (Å²) in [5, 5.41) is 14.9. The smallest absolute Gasteiger partial charge is 0.343 e. The molecule has 0 saturated heterocycles. The van der Waals surface area contributed by atoms with E-state index in [1.807, 2.05) is 6.07 Å². The van der Waals surface area contributed by atoms with Crippen LogP contribution in [0.4, 0.5) is 5.69 Å². The van der Waals surface area contributed by atoms with Crippen LogP contribution < -0.4 is 14.9 Å². The fourth-order valence-corrected chi connectivity index (χ4v) is 2.61. The fourth-order valence-electron chi connectivity index (χ4n) is 2.61. The summed E-state index contributed by atoms with van der Waals surface area (Å²) in [7, 11) is 0. The van der Waals surface area contributed by atoms with E-state index in [2.05, 4.69) is 10.5 Å². The zero-order valence-electron chi connectivity index (χ0n) is 17.1. The van der Waals surface area contributed by atoms with E-state index in [1.54, 1.807) is 61.5 Å². The maximum atomic E-state index is 12.0. The number of nitrogens with one attached hydrogen (secondary N) is 1. The zero-order valence-corrected chi connectivity index (χ0v) is 17.1. The molecule has 1 N–H and O–H groups in total. The van der Waals surface area contributed by atoms with Gasteiger partial charge in [0.25, 0.3) is 5.91 Å². The summed E-state index contributed by atoms with van der Waals surface area (Å²) < 4.78 is 10.5. The van der Waals surface area contributed by atoms with Gasteiger partial charge in [0.2, 0.25) is 0 Å². The van der Waals surface area contributed by atoms with Crippen molar-refractivity contribution in [2.45, 2.75) is 6.92 Å². The zero-order chi connectivity index (χ0) is 22.9. The number of hydrazone groups is 1. The van der Waals surface area contributed by atoms with Crippen molar-refractivity contribution in [1.29, 1.82) is 0 Å². The second-order valence-electron chi connectivity index (χ2n) is 6.63. The van der Waals surface area contributed by atoms with Crippen LogP contribution in [0.5, 0.6) is 11.5 Å². The van der Waals surface area contributed by atoms with Crippen molar-refractivity contribution in [3.8, 4) is 11.5 Å². The van der Waals surface area contributed by atoms with E-state index in [1.165, 1.54) is 18.3 Å². The predicted octanol–water partition coefficient (Wildman–Crippen LogP) is 3.65. The van der Waals surface area contributed by atoms with Gasteiger partial charge in [-0.2, -0.15) is 5.10 Å². The third-order valence-corrected chi connectivity index (χ3v) is 4.17. The molecule has 0 spiro atoms. The molecule has 0 bridgehead atoms. The van der Waals surface area contributed by atoms with Crippen LogP contribution in [0.2, 0.25) is 0 Å². The van der Waals surface area contributed by atoms with Gasteiger partial charge < -0.3 is 9.47 Å². The lowest BCUT2D eigenvalue weighted by Crippen LogP contribution is -2.24. The Bertz CT molecular complexity index is 1140. The average Bonchev–Trinajstić information content (AvgIpc) is 2.80. The normalized spacial score (nSPS) is 10.5. The number of aryl methyl sites for hydroxylation is 1. The van der Waals surface area contributed by atoms with E-state index in [0.717, 1.165) is 0 Å². The van der Waals surface area contributed by atoms with Crippen molar-refractivity contribution in [2.24, 2.45) is 5.10 Å². The topological polar surface area (TPSA) is 120 Å². The van der Waals surface area contributed by atoms with E-state index in [4.69, 9.17) is 9.47 Å². The summed E-state index contributed by atoms with van der Waals surface area (Å²) in [6, 6.07) is 19.6. The first-order valence-corrected chi connectivity index (χ1v) is 9.49. The van der Waals surface area contributed by atoms with Crippen LogP contribution in [0, 0.1) is 17.0 Å². The van der Waals surface area contributed by atoms with Gasteiger partial charge in [0.05, 0.1) is 16.7 Å². The third-order valence-electron chi connectivity index (χ3n) is 4.17. The number of nitro benzene ring substituents is 1. The molecule has 32 heavy (non-hydrogen) atoms. The van der Waals surface area contributed by atoms with Crippen molar-refractivity contribution in [3.63, 3.8) is 0 Å². The van der Waals surface area contributed by atoms with Crippen LogP contribution in [-0.2, 0) is 4.79 Å². The molecule has 0 fully saturated rings. The average molecular weight is 433 g/mol. The molecule has 0 aliphatic carbocycles. The van der Waals surface area contributed by atoms with Gasteiger partial charge in [-0.3, -0.25) is 14.9 Å². The van der Waals surface area contributed by atoms with Crippen LogP contribution in [0.25, 0.3) is 0 Å². The minimum atomic E-state index is -0.579. The molecule has 0 unspecified atom stereocenters. The highest BCUT2D eigenvalue weighted by atomic mass is 16.6. The summed E-state index contributed by atoms with van der Waals surface area (Å²) in [4.78, 5) is 34.4. The van der Waals surface area contributed by atoms with Crippen molar-refractivity contribution in [3.05, 3.63) is 99.6 Å². The molecule has 9 nitrogen and oxygen atoms in total. The molecule has 0 aromatic heterocycles. The lowest BCUT2D eigenvalue weighted by Gasteiger charge is -2.06. The standard InChI is InChI=1S/C23H19N3O6/c1-16-7-12-21(20(13-16)26(29)30)31-15-22(27)25-24-14-17-8-10-19(11-9-17)32-23(28)18-5-3-2-4-6-18/h2-14H,15H2,1H3,(H,25,27)/b24-14-. The Morgan fingerprint density at radius 2 is 1.78 bits per heavy atom. The van der Waals surface area contributed by atoms with Gasteiger partial charge in [-0.15, -0.1) is 0 Å². The van der Waals surface area contributed by atoms with Crippen LogP contribution in [-0.4, -0.2) is 29.6 Å². The van der Waals surface area contributed by atoms with Crippen LogP contribution in [0.1, 0.15) is 21.5 Å². The monoisotopic (exact) mass is 433 g/mol. The van der Waals surface area contributed by atoms with Gasteiger partial charge in [-0.1, -0.05) is 24.3 Å². The minimum absolute atomic E-state index is 0.000341. The Hall–Kier alpha value is -4.53.